The van der Waals surface area contributed by atoms with Crippen LogP contribution in [0.5, 0.6) is 5.75 Å². The van der Waals surface area contributed by atoms with E-state index in [1.54, 1.807) is 0 Å². The first-order valence-electron chi connectivity index (χ1n) is 5.47. The fourth-order valence-corrected chi connectivity index (χ4v) is 2.13. The number of halogens is 4. The summed E-state index contributed by atoms with van der Waals surface area (Å²) in [5, 5.41) is 8.89. The van der Waals surface area contributed by atoms with E-state index in [2.05, 4.69) is 15.9 Å². The lowest BCUT2D eigenvalue weighted by Crippen LogP contribution is -2.01. The number of hydrogen-bond acceptors (Lipinski definition) is 2. The largest absolute Gasteiger partial charge is 0.485 e. The summed E-state index contributed by atoms with van der Waals surface area (Å²) in [6.07, 6.45) is 0. The maximum Gasteiger partial charge on any atom is 0.169 e. The topological polar surface area (TPSA) is 33.0 Å². The van der Waals surface area contributed by atoms with Gasteiger partial charge >= 0.3 is 0 Å². The van der Waals surface area contributed by atoms with E-state index in [1.807, 2.05) is 6.07 Å². The first-order chi connectivity index (χ1) is 9.51. The Kier molecular flexibility index (Phi) is 4.30. The van der Waals surface area contributed by atoms with Crippen LogP contribution < -0.4 is 4.74 Å². The second kappa shape index (κ2) is 5.97. The predicted octanol–water partition coefficient (Wildman–Crippen LogP) is 4.32. The molecule has 0 unspecified atom stereocenters. The molecule has 0 aliphatic rings. The van der Waals surface area contributed by atoms with Gasteiger partial charge < -0.3 is 4.74 Å². The summed E-state index contributed by atoms with van der Waals surface area (Å²) in [6, 6.07) is 7.21. The van der Waals surface area contributed by atoms with Crippen molar-refractivity contribution in [3.8, 4) is 11.8 Å². The predicted molar refractivity (Wildman–Crippen MR) is 69.5 cm³/mol. The van der Waals surface area contributed by atoms with Crippen LogP contribution in [0.2, 0.25) is 0 Å². The molecule has 2 aromatic rings. The van der Waals surface area contributed by atoms with Crippen molar-refractivity contribution >= 4 is 15.9 Å². The second-order valence-corrected chi connectivity index (χ2v) is 4.75. The molecule has 0 saturated carbocycles. The Morgan fingerprint density at radius 1 is 1.10 bits per heavy atom. The molecule has 0 amide bonds. The third kappa shape index (κ3) is 3.11. The molecule has 2 nitrogen and oxygen atoms in total. The summed E-state index contributed by atoms with van der Waals surface area (Å²) in [5.74, 6) is -2.35. The molecule has 102 valence electrons. The minimum Gasteiger partial charge on any atom is -0.485 e. The zero-order chi connectivity index (χ0) is 14.7. The Bertz CT molecular complexity index is 674. The van der Waals surface area contributed by atoms with Gasteiger partial charge in [-0.05, 0) is 40.2 Å². The maximum atomic E-state index is 13.5. The lowest BCUT2D eigenvalue weighted by atomic mass is 10.1. The number of ether oxygens (including phenoxy) is 1. The van der Waals surface area contributed by atoms with Gasteiger partial charge in [-0.25, -0.2) is 13.2 Å². The van der Waals surface area contributed by atoms with Gasteiger partial charge in [0.2, 0.25) is 0 Å². The van der Waals surface area contributed by atoms with Crippen LogP contribution in [0.3, 0.4) is 0 Å². The molecule has 2 aromatic carbocycles. The highest BCUT2D eigenvalue weighted by atomic mass is 79.9. The number of benzene rings is 2. The van der Waals surface area contributed by atoms with E-state index in [0.717, 1.165) is 18.2 Å². The van der Waals surface area contributed by atoms with Gasteiger partial charge in [-0.3, -0.25) is 0 Å². The summed E-state index contributed by atoms with van der Waals surface area (Å²) < 4.78 is 44.9. The van der Waals surface area contributed by atoms with Gasteiger partial charge in [0, 0.05) is 11.6 Å². The quantitative estimate of drug-likeness (QED) is 0.832. The standard InChI is InChI=1S/C14H7BrF3NO/c15-12-4-11(17)5-13(18)14(12)20-7-9-3-10(16)2-1-8(9)6-19/h1-5H,7H2. The number of rotatable bonds is 3. The third-order valence-electron chi connectivity index (χ3n) is 2.52. The smallest absolute Gasteiger partial charge is 0.169 e. The molecule has 0 radical (unpaired) electrons. The lowest BCUT2D eigenvalue weighted by Gasteiger charge is -2.10. The fraction of sp³-hybridized carbons (Fsp3) is 0.0714. The highest BCUT2D eigenvalue weighted by Gasteiger charge is 2.12. The van der Waals surface area contributed by atoms with Gasteiger partial charge in [0.1, 0.15) is 18.2 Å². The molecule has 0 bridgehead atoms. The van der Waals surface area contributed by atoms with Gasteiger partial charge in [-0.1, -0.05) is 0 Å². The van der Waals surface area contributed by atoms with E-state index in [0.29, 0.717) is 6.07 Å². The van der Waals surface area contributed by atoms with E-state index in [4.69, 9.17) is 10.00 Å². The summed E-state index contributed by atoms with van der Waals surface area (Å²) >= 11 is 2.98. The van der Waals surface area contributed by atoms with Crippen LogP contribution in [0.15, 0.2) is 34.8 Å². The van der Waals surface area contributed by atoms with Crippen molar-refractivity contribution in [1.82, 2.24) is 0 Å². The first kappa shape index (κ1) is 14.4. The molecule has 0 spiro atoms. The van der Waals surface area contributed by atoms with Crippen molar-refractivity contribution in [1.29, 1.82) is 5.26 Å². The highest BCUT2D eigenvalue weighted by Crippen LogP contribution is 2.30. The number of nitrogens with zero attached hydrogens (tertiary/aromatic N) is 1. The molecule has 0 aliphatic heterocycles. The Balaban J connectivity index is 2.26. The molecule has 0 aromatic heterocycles. The Hall–Kier alpha value is -2.00. The monoisotopic (exact) mass is 341 g/mol. The zero-order valence-corrected chi connectivity index (χ0v) is 11.5. The first-order valence-corrected chi connectivity index (χ1v) is 6.26. The average Bonchev–Trinajstić information content (AvgIpc) is 2.37. The van der Waals surface area contributed by atoms with Crippen molar-refractivity contribution in [3.63, 3.8) is 0 Å². The van der Waals surface area contributed by atoms with Gasteiger partial charge in [-0.2, -0.15) is 5.26 Å². The molecule has 2 rings (SSSR count). The van der Waals surface area contributed by atoms with E-state index in [9.17, 15) is 13.2 Å². The van der Waals surface area contributed by atoms with Crippen LogP contribution in [0, 0.1) is 28.8 Å². The van der Waals surface area contributed by atoms with Gasteiger partial charge in [0.25, 0.3) is 0 Å². The molecular weight excluding hydrogens is 335 g/mol. The Morgan fingerprint density at radius 3 is 2.50 bits per heavy atom. The number of hydrogen-bond donors (Lipinski definition) is 0. The molecule has 0 fully saturated rings. The van der Waals surface area contributed by atoms with Crippen LogP contribution in [-0.4, -0.2) is 0 Å². The van der Waals surface area contributed by atoms with E-state index in [-0.39, 0.29) is 28.0 Å². The van der Waals surface area contributed by atoms with Crippen molar-refractivity contribution in [2.24, 2.45) is 0 Å². The molecular formula is C14H7BrF3NO. The minimum absolute atomic E-state index is 0.102. The zero-order valence-electron chi connectivity index (χ0n) is 9.96. The Morgan fingerprint density at radius 2 is 1.85 bits per heavy atom. The normalized spacial score (nSPS) is 10.2. The average molecular weight is 342 g/mol. The van der Waals surface area contributed by atoms with Crippen LogP contribution >= 0.6 is 15.9 Å². The minimum atomic E-state index is -0.883. The Labute approximate surface area is 121 Å². The maximum absolute atomic E-state index is 13.5. The van der Waals surface area contributed by atoms with Gasteiger partial charge in [-0.15, -0.1) is 0 Å². The summed E-state index contributed by atoms with van der Waals surface area (Å²) in [4.78, 5) is 0. The molecule has 0 aliphatic carbocycles. The van der Waals surface area contributed by atoms with Crippen molar-refractivity contribution in [2.75, 3.05) is 0 Å². The van der Waals surface area contributed by atoms with E-state index < -0.39 is 17.5 Å². The molecule has 20 heavy (non-hydrogen) atoms. The molecule has 0 heterocycles. The summed E-state index contributed by atoms with van der Waals surface area (Å²) in [6.45, 7) is -0.207. The van der Waals surface area contributed by atoms with Crippen molar-refractivity contribution < 1.29 is 17.9 Å². The molecule has 0 N–H and O–H groups in total. The van der Waals surface area contributed by atoms with Crippen LogP contribution in [0.4, 0.5) is 13.2 Å². The van der Waals surface area contributed by atoms with Crippen LogP contribution in [0.1, 0.15) is 11.1 Å². The second-order valence-electron chi connectivity index (χ2n) is 3.90. The fourth-order valence-electron chi connectivity index (χ4n) is 1.61. The molecule has 6 heteroatoms. The van der Waals surface area contributed by atoms with Crippen molar-refractivity contribution in [3.05, 3.63) is 63.4 Å². The molecule has 0 atom stereocenters. The molecule has 0 saturated heterocycles. The van der Waals surface area contributed by atoms with Crippen LogP contribution in [-0.2, 0) is 6.61 Å². The van der Waals surface area contributed by atoms with Gasteiger partial charge in [0.15, 0.2) is 11.6 Å². The number of nitriles is 1. The van der Waals surface area contributed by atoms with Crippen molar-refractivity contribution in [2.45, 2.75) is 6.61 Å². The SMILES string of the molecule is N#Cc1ccc(F)cc1COc1c(F)cc(F)cc1Br. The van der Waals surface area contributed by atoms with Crippen LogP contribution in [0.25, 0.3) is 0 Å². The van der Waals surface area contributed by atoms with E-state index >= 15 is 0 Å². The van der Waals surface area contributed by atoms with E-state index in [1.165, 1.54) is 6.07 Å². The van der Waals surface area contributed by atoms with Gasteiger partial charge in [0.05, 0.1) is 16.1 Å². The summed E-state index contributed by atoms with van der Waals surface area (Å²) in [5.41, 5.74) is 0.508. The third-order valence-corrected chi connectivity index (χ3v) is 3.11. The lowest BCUT2D eigenvalue weighted by molar-refractivity contribution is 0.286. The summed E-state index contributed by atoms with van der Waals surface area (Å²) in [7, 11) is 0. The highest BCUT2D eigenvalue weighted by molar-refractivity contribution is 9.10.